The molecule has 0 bridgehead atoms. The van der Waals surface area contributed by atoms with Gasteiger partial charge in [-0.2, -0.15) is 0 Å². The number of ether oxygens (including phenoxy) is 1. The lowest BCUT2D eigenvalue weighted by atomic mass is 10.0. The number of nitrogens with two attached hydrogens (primary N) is 1. The number of methoxy groups -OCH3 is 1. The van der Waals surface area contributed by atoms with Gasteiger partial charge in [-0.1, -0.05) is 19.9 Å². The van der Waals surface area contributed by atoms with Crippen LogP contribution in [0.1, 0.15) is 32.4 Å². The molecule has 0 radical (unpaired) electrons. The molecule has 0 fully saturated rings. The molecule has 106 valence electrons. The van der Waals surface area contributed by atoms with Crippen molar-refractivity contribution in [3.63, 3.8) is 0 Å². The van der Waals surface area contributed by atoms with E-state index in [0.717, 1.165) is 0 Å². The first-order chi connectivity index (χ1) is 8.86. The van der Waals surface area contributed by atoms with Gasteiger partial charge in [-0.3, -0.25) is 4.79 Å². The van der Waals surface area contributed by atoms with E-state index in [2.05, 4.69) is 5.32 Å². The van der Waals surface area contributed by atoms with Gasteiger partial charge in [-0.05, 0) is 30.5 Å². The van der Waals surface area contributed by atoms with E-state index in [1.807, 2.05) is 13.8 Å². The molecule has 0 aliphatic heterocycles. The van der Waals surface area contributed by atoms with Crippen molar-refractivity contribution in [2.45, 2.75) is 32.9 Å². The van der Waals surface area contributed by atoms with E-state index in [1.54, 1.807) is 13.0 Å². The zero-order valence-corrected chi connectivity index (χ0v) is 11.7. The Morgan fingerprint density at radius 1 is 1.37 bits per heavy atom. The fraction of sp³-hybridized carbons (Fsp3) is 0.500. The van der Waals surface area contributed by atoms with Gasteiger partial charge in [0.2, 0.25) is 5.91 Å². The number of halogens is 1. The number of rotatable bonds is 5. The fourth-order valence-electron chi connectivity index (χ4n) is 1.65. The van der Waals surface area contributed by atoms with Crippen LogP contribution in [0.25, 0.3) is 0 Å². The van der Waals surface area contributed by atoms with E-state index >= 15 is 0 Å². The van der Waals surface area contributed by atoms with Gasteiger partial charge in [0.05, 0.1) is 19.2 Å². The van der Waals surface area contributed by atoms with E-state index in [0.29, 0.717) is 5.56 Å². The second-order valence-corrected chi connectivity index (χ2v) is 4.89. The third kappa shape index (κ3) is 3.92. The molecule has 1 aromatic rings. The summed E-state index contributed by atoms with van der Waals surface area (Å²) < 4.78 is 18.4. The Balaban J connectivity index is 2.76. The molecule has 19 heavy (non-hydrogen) atoms. The van der Waals surface area contributed by atoms with Gasteiger partial charge >= 0.3 is 0 Å². The summed E-state index contributed by atoms with van der Waals surface area (Å²) >= 11 is 0. The zero-order chi connectivity index (χ0) is 14.6. The molecule has 0 saturated heterocycles. The normalized spacial score (nSPS) is 14.1. The summed E-state index contributed by atoms with van der Waals surface area (Å²) in [6.07, 6.45) is 0. The molecule has 0 aliphatic carbocycles. The van der Waals surface area contributed by atoms with E-state index < -0.39 is 11.9 Å². The first-order valence-corrected chi connectivity index (χ1v) is 6.26. The second kappa shape index (κ2) is 6.52. The van der Waals surface area contributed by atoms with Gasteiger partial charge in [0.25, 0.3) is 0 Å². The minimum Gasteiger partial charge on any atom is -0.494 e. The van der Waals surface area contributed by atoms with Crippen molar-refractivity contribution in [1.29, 1.82) is 0 Å². The molecule has 3 N–H and O–H groups in total. The standard InChI is InChI=1S/C14H21FN2O2/c1-8(2)13(16)14(18)17-9(3)10-5-6-12(19-4)11(15)7-10/h5-9,13H,16H2,1-4H3,(H,17,18)/t9?,13-/m1/s1. The Hall–Kier alpha value is -1.62. The third-order valence-electron chi connectivity index (χ3n) is 3.06. The van der Waals surface area contributed by atoms with E-state index in [1.165, 1.54) is 19.2 Å². The number of amides is 1. The van der Waals surface area contributed by atoms with Crippen LogP contribution in [0.2, 0.25) is 0 Å². The third-order valence-corrected chi connectivity index (χ3v) is 3.06. The van der Waals surface area contributed by atoms with Crippen LogP contribution < -0.4 is 15.8 Å². The number of benzene rings is 1. The average molecular weight is 268 g/mol. The monoisotopic (exact) mass is 268 g/mol. The van der Waals surface area contributed by atoms with Crippen molar-refractivity contribution in [2.24, 2.45) is 11.7 Å². The minimum absolute atomic E-state index is 0.0554. The van der Waals surface area contributed by atoms with Crippen LogP contribution in [0.5, 0.6) is 5.75 Å². The van der Waals surface area contributed by atoms with E-state index in [9.17, 15) is 9.18 Å². The van der Waals surface area contributed by atoms with Gasteiger partial charge in [0, 0.05) is 0 Å². The van der Waals surface area contributed by atoms with Crippen molar-refractivity contribution in [3.8, 4) is 5.75 Å². The first-order valence-electron chi connectivity index (χ1n) is 6.26. The average Bonchev–Trinajstić information content (AvgIpc) is 2.37. The van der Waals surface area contributed by atoms with Gasteiger partial charge in [0.1, 0.15) is 0 Å². The van der Waals surface area contributed by atoms with Crippen LogP contribution in [-0.2, 0) is 4.79 Å². The summed E-state index contributed by atoms with van der Waals surface area (Å²) in [4.78, 5) is 11.8. The molecular weight excluding hydrogens is 247 g/mol. The molecule has 0 aliphatic rings. The summed E-state index contributed by atoms with van der Waals surface area (Å²) in [5, 5.41) is 2.77. The molecule has 1 amide bonds. The maximum Gasteiger partial charge on any atom is 0.237 e. The molecule has 0 saturated carbocycles. The number of hydrogen-bond acceptors (Lipinski definition) is 3. The highest BCUT2D eigenvalue weighted by Gasteiger charge is 2.19. The van der Waals surface area contributed by atoms with Crippen molar-refractivity contribution in [3.05, 3.63) is 29.6 Å². The second-order valence-electron chi connectivity index (χ2n) is 4.89. The SMILES string of the molecule is COc1ccc(C(C)NC(=O)[C@H](N)C(C)C)cc1F. The number of carbonyl (C=O) groups is 1. The van der Waals surface area contributed by atoms with E-state index in [-0.39, 0.29) is 23.6 Å². The van der Waals surface area contributed by atoms with Crippen molar-refractivity contribution in [2.75, 3.05) is 7.11 Å². The molecule has 0 spiro atoms. The molecule has 2 atom stereocenters. The number of hydrogen-bond donors (Lipinski definition) is 2. The predicted octanol–water partition coefficient (Wildman–Crippen LogP) is 1.99. The van der Waals surface area contributed by atoms with Crippen LogP contribution >= 0.6 is 0 Å². The molecular formula is C14H21FN2O2. The summed E-state index contributed by atoms with van der Waals surface area (Å²) in [6, 6.07) is 3.73. The molecule has 4 nitrogen and oxygen atoms in total. The Labute approximate surface area is 113 Å². The lowest BCUT2D eigenvalue weighted by Crippen LogP contribution is -2.44. The van der Waals surface area contributed by atoms with Crippen LogP contribution in [0.15, 0.2) is 18.2 Å². The summed E-state index contributed by atoms with van der Waals surface area (Å²) in [7, 11) is 1.41. The molecule has 1 rings (SSSR count). The smallest absolute Gasteiger partial charge is 0.237 e. The van der Waals surface area contributed by atoms with Crippen LogP contribution in [0.4, 0.5) is 4.39 Å². The van der Waals surface area contributed by atoms with Crippen LogP contribution in [-0.4, -0.2) is 19.1 Å². The van der Waals surface area contributed by atoms with Crippen LogP contribution in [0.3, 0.4) is 0 Å². The zero-order valence-electron chi connectivity index (χ0n) is 11.7. The Morgan fingerprint density at radius 2 is 2.00 bits per heavy atom. The maximum atomic E-state index is 13.6. The van der Waals surface area contributed by atoms with Gasteiger partial charge in [-0.15, -0.1) is 0 Å². The first kappa shape index (κ1) is 15.4. The number of carbonyl (C=O) groups excluding carboxylic acids is 1. The lowest BCUT2D eigenvalue weighted by molar-refractivity contribution is -0.123. The Bertz CT molecular complexity index is 449. The Morgan fingerprint density at radius 3 is 2.47 bits per heavy atom. The largest absolute Gasteiger partial charge is 0.494 e. The fourth-order valence-corrected chi connectivity index (χ4v) is 1.65. The van der Waals surface area contributed by atoms with Gasteiger partial charge < -0.3 is 15.8 Å². The summed E-state index contributed by atoms with van der Waals surface area (Å²) in [5.41, 5.74) is 6.42. The maximum absolute atomic E-state index is 13.6. The van der Waals surface area contributed by atoms with Gasteiger partial charge in [0.15, 0.2) is 11.6 Å². The highest BCUT2D eigenvalue weighted by atomic mass is 19.1. The molecule has 0 heterocycles. The summed E-state index contributed by atoms with van der Waals surface area (Å²) in [5.74, 6) is -0.450. The minimum atomic E-state index is -0.564. The molecule has 0 aromatic heterocycles. The highest BCUT2D eigenvalue weighted by molar-refractivity contribution is 5.82. The van der Waals surface area contributed by atoms with Crippen molar-refractivity contribution >= 4 is 5.91 Å². The topological polar surface area (TPSA) is 64.3 Å². The number of nitrogens with one attached hydrogen (secondary N) is 1. The quantitative estimate of drug-likeness (QED) is 0.858. The van der Waals surface area contributed by atoms with E-state index in [4.69, 9.17) is 10.5 Å². The van der Waals surface area contributed by atoms with Gasteiger partial charge in [-0.25, -0.2) is 4.39 Å². The van der Waals surface area contributed by atoms with Crippen LogP contribution in [0, 0.1) is 11.7 Å². The molecule has 5 heteroatoms. The predicted molar refractivity (Wildman–Crippen MR) is 72.3 cm³/mol. The van der Waals surface area contributed by atoms with Crippen molar-refractivity contribution in [1.82, 2.24) is 5.32 Å². The molecule has 1 aromatic carbocycles. The Kier molecular flexibility index (Phi) is 5.30. The highest BCUT2D eigenvalue weighted by Crippen LogP contribution is 2.21. The van der Waals surface area contributed by atoms with Crippen molar-refractivity contribution < 1.29 is 13.9 Å². The molecule has 1 unspecified atom stereocenters. The lowest BCUT2D eigenvalue weighted by Gasteiger charge is -2.20. The summed E-state index contributed by atoms with van der Waals surface area (Å²) in [6.45, 7) is 5.54.